The summed E-state index contributed by atoms with van der Waals surface area (Å²) in [6, 6.07) is 3.05. The summed E-state index contributed by atoms with van der Waals surface area (Å²) in [5, 5.41) is 20.2. The Morgan fingerprint density at radius 1 is 1.60 bits per heavy atom. The molecule has 108 valence electrons. The number of hydrogen-bond acceptors (Lipinski definition) is 5. The molecule has 0 bridgehead atoms. The van der Waals surface area contributed by atoms with Crippen molar-refractivity contribution >= 4 is 5.91 Å². The van der Waals surface area contributed by atoms with Crippen LogP contribution in [0.4, 0.5) is 0 Å². The fraction of sp³-hybridized carbons (Fsp3) is 0.462. The molecule has 1 amide bonds. The van der Waals surface area contributed by atoms with Crippen molar-refractivity contribution in [1.29, 1.82) is 0 Å². The van der Waals surface area contributed by atoms with Gasteiger partial charge in [-0.1, -0.05) is 12.1 Å². The zero-order chi connectivity index (χ0) is 14.5. The third kappa shape index (κ3) is 3.24. The van der Waals surface area contributed by atoms with Gasteiger partial charge in [0.25, 0.3) is 0 Å². The third-order valence-electron chi connectivity index (χ3n) is 3.05. The van der Waals surface area contributed by atoms with E-state index >= 15 is 0 Å². The van der Waals surface area contributed by atoms with Gasteiger partial charge in [0.1, 0.15) is 17.5 Å². The lowest BCUT2D eigenvalue weighted by atomic mass is 10.2. The van der Waals surface area contributed by atoms with Gasteiger partial charge in [-0.2, -0.15) is 0 Å². The minimum atomic E-state index is -0.651. The van der Waals surface area contributed by atoms with Crippen molar-refractivity contribution in [2.75, 3.05) is 0 Å². The number of nitrogens with one attached hydrogen (secondary N) is 1. The lowest BCUT2D eigenvalue weighted by molar-refractivity contribution is -0.124. The van der Waals surface area contributed by atoms with Gasteiger partial charge in [-0.25, -0.2) is 4.68 Å². The molecule has 2 unspecified atom stereocenters. The normalized spacial score (nSPS) is 13.9. The molecule has 0 aromatic carbocycles. The molecule has 0 aliphatic rings. The van der Waals surface area contributed by atoms with Gasteiger partial charge in [0.15, 0.2) is 0 Å². The lowest BCUT2D eigenvalue weighted by Gasteiger charge is -2.11. The van der Waals surface area contributed by atoms with E-state index in [1.165, 1.54) is 4.68 Å². The quantitative estimate of drug-likeness (QED) is 0.828. The highest BCUT2D eigenvalue weighted by molar-refractivity contribution is 5.79. The van der Waals surface area contributed by atoms with Crippen LogP contribution in [0, 0.1) is 0 Å². The lowest BCUT2D eigenvalue weighted by Crippen LogP contribution is -2.30. The zero-order valence-electron chi connectivity index (χ0n) is 11.5. The van der Waals surface area contributed by atoms with Crippen LogP contribution < -0.4 is 5.32 Å². The first-order valence-corrected chi connectivity index (χ1v) is 6.51. The number of aromatic nitrogens is 3. The highest BCUT2D eigenvalue weighted by Gasteiger charge is 2.18. The van der Waals surface area contributed by atoms with E-state index in [0.717, 1.165) is 0 Å². The first-order valence-electron chi connectivity index (χ1n) is 6.51. The van der Waals surface area contributed by atoms with Crippen LogP contribution >= 0.6 is 0 Å². The summed E-state index contributed by atoms with van der Waals surface area (Å²) >= 11 is 0. The van der Waals surface area contributed by atoms with E-state index in [2.05, 4.69) is 15.6 Å². The van der Waals surface area contributed by atoms with Crippen LogP contribution in [0.15, 0.2) is 29.0 Å². The van der Waals surface area contributed by atoms with Gasteiger partial charge in [0.2, 0.25) is 5.91 Å². The second-order valence-electron chi connectivity index (χ2n) is 4.52. The SMILES string of the molecule is CCC(O)c1cn(C(C)C(=O)NCc2ccco2)nn1. The predicted molar refractivity (Wildman–Crippen MR) is 70.5 cm³/mol. The number of amides is 1. The highest BCUT2D eigenvalue weighted by atomic mass is 16.3. The number of hydrogen-bond donors (Lipinski definition) is 2. The van der Waals surface area contributed by atoms with E-state index in [0.29, 0.717) is 24.4 Å². The first-order chi connectivity index (χ1) is 9.61. The van der Waals surface area contributed by atoms with E-state index < -0.39 is 12.1 Å². The number of furan rings is 1. The summed E-state index contributed by atoms with van der Waals surface area (Å²) in [5.74, 6) is 0.495. The Hall–Kier alpha value is -2.15. The second kappa shape index (κ2) is 6.33. The Labute approximate surface area is 116 Å². The van der Waals surface area contributed by atoms with Crippen LogP contribution in [-0.4, -0.2) is 26.0 Å². The molecule has 0 saturated heterocycles. The van der Waals surface area contributed by atoms with Gasteiger partial charge in [-0.15, -0.1) is 5.10 Å². The standard InChI is InChI=1S/C13H18N4O3/c1-3-12(18)11-8-17(16-15-11)9(2)13(19)14-7-10-5-4-6-20-10/h4-6,8-9,12,18H,3,7H2,1-2H3,(H,14,19). The van der Waals surface area contributed by atoms with Crippen molar-refractivity contribution in [2.24, 2.45) is 0 Å². The van der Waals surface area contributed by atoms with Crippen LogP contribution in [-0.2, 0) is 11.3 Å². The topological polar surface area (TPSA) is 93.2 Å². The molecule has 2 aromatic rings. The third-order valence-corrected chi connectivity index (χ3v) is 3.05. The second-order valence-corrected chi connectivity index (χ2v) is 4.52. The van der Waals surface area contributed by atoms with E-state index in [9.17, 15) is 9.90 Å². The van der Waals surface area contributed by atoms with Crippen LogP contribution in [0.2, 0.25) is 0 Å². The number of aliphatic hydroxyl groups excluding tert-OH is 1. The molecule has 0 fully saturated rings. The molecule has 0 spiro atoms. The van der Waals surface area contributed by atoms with Gasteiger partial charge in [0.05, 0.1) is 25.1 Å². The van der Waals surface area contributed by atoms with Gasteiger partial charge < -0.3 is 14.8 Å². The van der Waals surface area contributed by atoms with Crippen LogP contribution in [0.3, 0.4) is 0 Å². The van der Waals surface area contributed by atoms with Crippen LogP contribution in [0.25, 0.3) is 0 Å². The van der Waals surface area contributed by atoms with Gasteiger partial charge in [0, 0.05) is 0 Å². The molecule has 0 aliphatic carbocycles. The molecule has 2 atom stereocenters. The maximum Gasteiger partial charge on any atom is 0.245 e. The molecule has 0 radical (unpaired) electrons. The van der Waals surface area contributed by atoms with E-state index in [1.54, 1.807) is 31.5 Å². The van der Waals surface area contributed by atoms with Crippen molar-refractivity contribution in [3.8, 4) is 0 Å². The van der Waals surface area contributed by atoms with Gasteiger partial charge in [-0.05, 0) is 25.5 Å². The highest BCUT2D eigenvalue weighted by Crippen LogP contribution is 2.14. The van der Waals surface area contributed by atoms with Crippen molar-refractivity contribution in [2.45, 2.75) is 39.0 Å². The molecule has 7 nitrogen and oxygen atoms in total. The van der Waals surface area contributed by atoms with Crippen molar-refractivity contribution in [3.63, 3.8) is 0 Å². The summed E-state index contributed by atoms with van der Waals surface area (Å²) < 4.78 is 6.57. The Morgan fingerprint density at radius 2 is 2.40 bits per heavy atom. The molecule has 7 heteroatoms. The number of nitrogens with zero attached hydrogens (tertiary/aromatic N) is 3. The Kier molecular flexibility index (Phi) is 4.52. The van der Waals surface area contributed by atoms with E-state index in [-0.39, 0.29) is 5.91 Å². The molecular weight excluding hydrogens is 260 g/mol. The minimum Gasteiger partial charge on any atom is -0.467 e. The van der Waals surface area contributed by atoms with Crippen LogP contribution in [0.1, 0.15) is 43.9 Å². The van der Waals surface area contributed by atoms with Crippen LogP contribution in [0.5, 0.6) is 0 Å². The molecule has 0 aliphatic heterocycles. The van der Waals surface area contributed by atoms with Crippen molar-refractivity contribution < 1.29 is 14.3 Å². The van der Waals surface area contributed by atoms with E-state index in [1.807, 2.05) is 6.92 Å². The smallest absolute Gasteiger partial charge is 0.245 e. The largest absolute Gasteiger partial charge is 0.467 e. The van der Waals surface area contributed by atoms with Gasteiger partial charge >= 0.3 is 0 Å². The number of rotatable bonds is 6. The summed E-state index contributed by atoms with van der Waals surface area (Å²) in [6.45, 7) is 3.90. The molecule has 2 aromatic heterocycles. The molecular formula is C13H18N4O3. The maximum absolute atomic E-state index is 12.0. The maximum atomic E-state index is 12.0. The zero-order valence-corrected chi connectivity index (χ0v) is 11.5. The summed E-state index contributed by atoms with van der Waals surface area (Å²) in [4.78, 5) is 12.0. The van der Waals surface area contributed by atoms with Gasteiger partial charge in [-0.3, -0.25) is 4.79 Å². The Balaban J connectivity index is 1.94. The number of carbonyl (C=O) groups excluding carboxylic acids is 1. The monoisotopic (exact) mass is 278 g/mol. The Morgan fingerprint density at radius 3 is 3.05 bits per heavy atom. The molecule has 2 N–H and O–H groups in total. The van der Waals surface area contributed by atoms with E-state index in [4.69, 9.17) is 4.42 Å². The number of carbonyl (C=O) groups is 1. The predicted octanol–water partition coefficient (Wildman–Crippen LogP) is 1.19. The first kappa shape index (κ1) is 14.3. The van der Waals surface area contributed by atoms with Crippen molar-refractivity contribution in [1.82, 2.24) is 20.3 Å². The summed E-state index contributed by atoms with van der Waals surface area (Å²) in [6.07, 6.45) is 3.05. The average molecular weight is 278 g/mol. The molecule has 0 saturated carbocycles. The average Bonchev–Trinajstić information content (AvgIpc) is 3.13. The Bertz CT molecular complexity index is 550. The number of aliphatic hydroxyl groups is 1. The van der Waals surface area contributed by atoms with Crippen molar-refractivity contribution in [3.05, 3.63) is 36.0 Å². The fourth-order valence-corrected chi connectivity index (χ4v) is 1.70. The molecule has 2 heterocycles. The summed E-state index contributed by atoms with van der Waals surface area (Å²) in [7, 11) is 0. The minimum absolute atomic E-state index is 0.191. The fourth-order valence-electron chi connectivity index (χ4n) is 1.70. The molecule has 20 heavy (non-hydrogen) atoms. The summed E-state index contributed by atoms with van der Waals surface area (Å²) in [5.41, 5.74) is 0.471. The molecule has 2 rings (SSSR count).